The van der Waals surface area contributed by atoms with Gasteiger partial charge in [-0.1, -0.05) is 18.2 Å². The number of amides is 1. The van der Waals surface area contributed by atoms with Gasteiger partial charge in [-0.2, -0.15) is 0 Å². The molecule has 25 heavy (non-hydrogen) atoms. The van der Waals surface area contributed by atoms with Gasteiger partial charge in [-0.05, 0) is 31.3 Å². The van der Waals surface area contributed by atoms with Crippen LogP contribution in [-0.2, 0) is 4.79 Å². The molecule has 3 rings (SSSR count). The first-order chi connectivity index (χ1) is 12.1. The number of carbonyl (C=O) groups is 1. The SMILES string of the molecule is CN1CCC[N+](CC(N)=O)(c2ccc(Oc3ccccc3)cc2)CC1. The number of primary amides is 1. The van der Waals surface area contributed by atoms with Crippen molar-refractivity contribution in [2.75, 3.05) is 39.8 Å². The Morgan fingerprint density at radius 2 is 1.72 bits per heavy atom. The van der Waals surface area contributed by atoms with E-state index in [4.69, 9.17) is 10.5 Å². The lowest BCUT2D eigenvalue weighted by molar-refractivity contribution is -0.118. The van der Waals surface area contributed by atoms with Gasteiger partial charge in [0.05, 0.1) is 13.1 Å². The van der Waals surface area contributed by atoms with E-state index in [9.17, 15) is 4.79 Å². The standard InChI is InChI=1S/C20H25N3O2/c1-22-12-5-14-23(15-13-22,16-20(21)24)17-8-10-19(11-9-17)25-18-6-3-2-4-7-18/h2-4,6-11H,5,12-16H2,1H3,(H-,21,24)/p+1. The number of benzene rings is 2. The highest BCUT2D eigenvalue weighted by molar-refractivity contribution is 5.78. The lowest BCUT2D eigenvalue weighted by atomic mass is 10.2. The molecule has 0 aliphatic carbocycles. The third-order valence-corrected chi connectivity index (χ3v) is 4.86. The van der Waals surface area contributed by atoms with E-state index >= 15 is 0 Å². The molecule has 1 saturated heterocycles. The van der Waals surface area contributed by atoms with Crippen molar-refractivity contribution < 1.29 is 9.53 Å². The second-order valence-corrected chi connectivity index (χ2v) is 6.78. The average molecular weight is 340 g/mol. The lowest BCUT2D eigenvalue weighted by Crippen LogP contribution is -2.55. The number of nitrogens with zero attached hydrogens (tertiary/aromatic N) is 2. The molecule has 0 spiro atoms. The minimum absolute atomic E-state index is 0.255. The Balaban J connectivity index is 1.82. The zero-order valence-electron chi connectivity index (χ0n) is 14.7. The van der Waals surface area contributed by atoms with E-state index in [2.05, 4.69) is 24.1 Å². The van der Waals surface area contributed by atoms with Gasteiger partial charge in [0.25, 0.3) is 5.91 Å². The van der Waals surface area contributed by atoms with Gasteiger partial charge in [-0.25, -0.2) is 0 Å². The van der Waals surface area contributed by atoms with E-state index in [1.807, 2.05) is 42.5 Å². The fraction of sp³-hybridized carbons (Fsp3) is 0.350. The van der Waals surface area contributed by atoms with Crippen LogP contribution in [0, 0.1) is 0 Å². The van der Waals surface area contributed by atoms with E-state index in [1.165, 1.54) is 0 Å². The predicted octanol–water partition coefficient (Wildman–Crippen LogP) is 2.61. The Bertz CT molecular complexity index is 703. The highest BCUT2D eigenvalue weighted by Gasteiger charge is 2.34. The number of quaternary nitrogens is 1. The van der Waals surface area contributed by atoms with Gasteiger partial charge in [0.15, 0.2) is 6.54 Å². The normalized spacial score (nSPS) is 21.5. The second-order valence-electron chi connectivity index (χ2n) is 6.78. The summed E-state index contributed by atoms with van der Waals surface area (Å²) in [5.41, 5.74) is 6.69. The Morgan fingerprint density at radius 3 is 2.40 bits per heavy atom. The van der Waals surface area contributed by atoms with Crippen molar-refractivity contribution >= 4 is 11.6 Å². The van der Waals surface area contributed by atoms with Crippen molar-refractivity contribution in [2.24, 2.45) is 5.73 Å². The summed E-state index contributed by atoms with van der Waals surface area (Å²) in [5.74, 6) is 1.35. The number of carbonyl (C=O) groups excluding carboxylic acids is 1. The number of nitrogens with two attached hydrogens (primary N) is 1. The molecule has 0 saturated carbocycles. The molecule has 1 atom stereocenters. The van der Waals surface area contributed by atoms with Gasteiger partial charge >= 0.3 is 0 Å². The van der Waals surface area contributed by atoms with Crippen LogP contribution in [0.15, 0.2) is 54.6 Å². The molecule has 1 fully saturated rings. The van der Waals surface area contributed by atoms with Crippen LogP contribution >= 0.6 is 0 Å². The maximum absolute atomic E-state index is 11.7. The summed E-state index contributed by atoms with van der Waals surface area (Å²) in [6, 6.07) is 17.8. The quantitative estimate of drug-likeness (QED) is 0.851. The molecular formula is C20H26N3O2+. The van der Waals surface area contributed by atoms with Gasteiger partial charge in [0.1, 0.15) is 17.2 Å². The summed E-state index contributed by atoms with van der Waals surface area (Å²) in [6.45, 7) is 4.15. The average Bonchev–Trinajstić information content (AvgIpc) is 2.78. The number of rotatable bonds is 5. The first kappa shape index (κ1) is 17.5. The summed E-state index contributed by atoms with van der Waals surface area (Å²) < 4.78 is 6.49. The van der Waals surface area contributed by atoms with Crippen LogP contribution in [0.3, 0.4) is 0 Å². The Morgan fingerprint density at radius 1 is 1.04 bits per heavy atom. The van der Waals surface area contributed by atoms with Crippen molar-refractivity contribution in [1.29, 1.82) is 0 Å². The summed E-state index contributed by atoms with van der Waals surface area (Å²) in [7, 11) is 2.13. The molecule has 2 aromatic rings. The van der Waals surface area contributed by atoms with E-state index < -0.39 is 0 Å². The monoisotopic (exact) mass is 340 g/mol. The van der Waals surface area contributed by atoms with Crippen molar-refractivity contribution in [3.05, 3.63) is 54.6 Å². The van der Waals surface area contributed by atoms with Crippen molar-refractivity contribution in [1.82, 2.24) is 9.38 Å². The van der Waals surface area contributed by atoms with E-state index in [-0.39, 0.29) is 5.91 Å². The Hall–Kier alpha value is -2.37. The Kier molecular flexibility index (Phi) is 5.36. The minimum atomic E-state index is -0.255. The van der Waals surface area contributed by atoms with Crippen LogP contribution in [0.2, 0.25) is 0 Å². The van der Waals surface area contributed by atoms with Gasteiger partial charge < -0.3 is 15.4 Å². The number of likely N-dealkylation sites (N-methyl/N-ethyl adjacent to an activating group) is 1. The van der Waals surface area contributed by atoms with E-state index in [1.54, 1.807) is 0 Å². The summed E-state index contributed by atoms with van der Waals surface area (Å²) in [4.78, 5) is 14.0. The molecule has 1 aliphatic rings. The van der Waals surface area contributed by atoms with E-state index in [0.29, 0.717) is 11.0 Å². The fourth-order valence-corrected chi connectivity index (χ4v) is 3.49. The molecule has 132 valence electrons. The fourth-order valence-electron chi connectivity index (χ4n) is 3.49. The van der Waals surface area contributed by atoms with Crippen LogP contribution in [0.4, 0.5) is 5.69 Å². The van der Waals surface area contributed by atoms with Crippen LogP contribution < -0.4 is 15.0 Å². The van der Waals surface area contributed by atoms with Crippen LogP contribution in [0.5, 0.6) is 11.5 Å². The molecule has 1 aliphatic heterocycles. The Labute approximate surface area is 149 Å². The highest BCUT2D eigenvalue weighted by atomic mass is 16.5. The van der Waals surface area contributed by atoms with Gasteiger partial charge in [-0.15, -0.1) is 0 Å². The minimum Gasteiger partial charge on any atom is -0.457 e. The smallest absolute Gasteiger partial charge is 0.273 e. The van der Waals surface area contributed by atoms with Crippen LogP contribution in [0.1, 0.15) is 6.42 Å². The number of ether oxygens (including phenoxy) is 1. The maximum Gasteiger partial charge on any atom is 0.273 e. The second kappa shape index (κ2) is 7.68. The molecule has 0 bridgehead atoms. The van der Waals surface area contributed by atoms with Gasteiger partial charge in [0.2, 0.25) is 0 Å². The molecule has 2 N–H and O–H groups in total. The third kappa shape index (κ3) is 4.38. The van der Waals surface area contributed by atoms with E-state index in [0.717, 1.165) is 49.8 Å². The highest BCUT2D eigenvalue weighted by Crippen LogP contribution is 2.29. The number of hydrogen-bond donors (Lipinski definition) is 1. The molecule has 1 heterocycles. The first-order valence-electron chi connectivity index (χ1n) is 8.74. The molecule has 0 radical (unpaired) electrons. The summed E-state index contributed by atoms with van der Waals surface area (Å²) in [6.07, 6.45) is 1.05. The summed E-state index contributed by atoms with van der Waals surface area (Å²) >= 11 is 0. The zero-order chi connectivity index (χ0) is 17.7. The largest absolute Gasteiger partial charge is 0.457 e. The molecule has 1 unspecified atom stereocenters. The van der Waals surface area contributed by atoms with Gasteiger partial charge in [-0.3, -0.25) is 9.28 Å². The van der Waals surface area contributed by atoms with Crippen LogP contribution in [0.25, 0.3) is 0 Å². The zero-order valence-corrected chi connectivity index (χ0v) is 14.7. The third-order valence-electron chi connectivity index (χ3n) is 4.86. The molecule has 2 aromatic carbocycles. The molecule has 5 heteroatoms. The van der Waals surface area contributed by atoms with Crippen molar-refractivity contribution in [2.45, 2.75) is 6.42 Å². The van der Waals surface area contributed by atoms with Crippen molar-refractivity contribution in [3.63, 3.8) is 0 Å². The molecule has 5 nitrogen and oxygen atoms in total. The first-order valence-corrected chi connectivity index (χ1v) is 8.74. The summed E-state index contributed by atoms with van der Waals surface area (Å²) in [5, 5.41) is 0. The lowest BCUT2D eigenvalue weighted by Gasteiger charge is -2.36. The maximum atomic E-state index is 11.7. The topological polar surface area (TPSA) is 55.6 Å². The van der Waals surface area contributed by atoms with Crippen LogP contribution in [-0.4, -0.2) is 50.6 Å². The van der Waals surface area contributed by atoms with Gasteiger partial charge in [0, 0.05) is 31.6 Å². The molecule has 0 aromatic heterocycles. The molecule has 1 amide bonds. The van der Waals surface area contributed by atoms with Crippen molar-refractivity contribution in [3.8, 4) is 11.5 Å². The number of hydrogen-bond acceptors (Lipinski definition) is 3. The predicted molar refractivity (Wildman–Crippen MR) is 101 cm³/mol. The molecular weight excluding hydrogens is 314 g/mol. The number of para-hydroxylation sites is 1.